The summed E-state index contributed by atoms with van der Waals surface area (Å²) in [6.45, 7) is 0. The lowest BCUT2D eigenvalue weighted by Crippen LogP contribution is -2.07. The second-order valence-corrected chi connectivity index (χ2v) is 4.18. The monoisotopic (exact) mass is 184 g/mol. The second-order valence-electron chi connectivity index (χ2n) is 2.60. The van der Waals surface area contributed by atoms with Gasteiger partial charge in [-0.05, 0) is 6.07 Å². The van der Waals surface area contributed by atoms with Crippen molar-refractivity contribution in [3.8, 4) is 0 Å². The molecule has 0 spiro atoms. The molecule has 0 aromatic heterocycles. The molecule has 1 atom stereocenters. The van der Waals surface area contributed by atoms with Crippen LogP contribution in [0.5, 0.6) is 0 Å². The van der Waals surface area contributed by atoms with E-state index in [0.29, 0.717) is 16.9 Å². The van der Waals surface area contributed by atoms with Crippen LogP contribution in [0, 0.1) is 0 Å². The van der Waals surface area contributed by atoms with Crippen molar-refractivity contribution in [1.82, 2.24) is 0 Å². The predicted molar refractivity (Wildman–Crippen MR) is 50.4 cm³/mol. The molecule has 0 saturated carbocycles. The molecule has 0 fully saturated rings. The van der Waals surface area contributed by atoms with E-state index in [0.717, 1.165) is 0 Å². The van der Waals surface area contributed by atoms with Crippen molar-refractivity contribution >= 4 is 26.7 Å². The van der Waals surface area contributed by atoms with E-state index in [1.165, 1.54) is 5.37 Å². The summed E-state index contributed by atoms with van der Waals surface area (Å²) in [5.41, 5.74) is 7.29. The normalized spacial score (nSPS) is 25.8. The number of benzene rings is 1. The maximum atomic E-state index is 11.1. The highest BCUT2D eigenvalue weighted by atomic mass is 32.2. The van der Waals surface area contributed by atoms with E-state index in [1.54, 1.807) is 18.2 Å². The van der Waals surface area contributed by atoms with E-state index < -0.39 is 9.99 Å². The van der Waals surface area contributed by atoms with Gasteiger partial charge in [0.25, 0.3) is 0 Å². The van der Waals surface area contributed by atoms with Gasteiger partial charge >= 0.3 is 0 Å². The molecule has 0 amide bonds. The van der Waals surface area contributed by atoms with Gasteiger partial charge < -0.3 is 5.73 Å². The molecule has 0 radical (unpaired) electrons. The first-order valence-corrected chi connectivity index (χ1v) is 4.94. The number of nitrogens with one attached hydrogen (secondary N) is 1. The zero-order valence-electron chi connectivity index (χ0n) is 6.15. The molecule has 1 unspecified atom stereocenters. The van der Waals surface area contributed by atoms with Crippen molar-refractivity contribution in [2.75, 3.05) is 10.5 Å². The topological polar surface area (TPSA) is 75.3 Å². The molecule has 1 heterocycles. The lowest BCUT2D eigenvalue weighted by Gasteiger charge is -2.03. The van der Waals surface area contributed by atoms with Crippen molar-refractivity contribution in [3.63, 3.8) is 0 Å². The summed E-state index contributed by atoms with van der Waals surface area (Å²) in [7, 11) is -3.03. The van der Waals surface area contributed by atoms with Gasteiger partial charge in [0, 0.05) is 10.9 Å². The number of fused-ring (bicyclic) bond motifs is 1. The first-order chi connectivity index (χ1) is 5.58. The fourth-order valence-electron chi connectivity index (χ4n) is 1.15. The Morgan fingerprint density at radius 3 is 2.92 bits per heavy atom. The van der Waals surface area contributed by atoms with E-state index in [4.69, 9.17) is 10.3 Å². The minimum atomic E-state index is -3.03. The minimum absolute atomic E-state index is 0.489. The van der Waals surface area contributed by atoms with Gasteiger partial charge in [-0.3, -0.25) is 9.27 Å². The largest absolute Gasteiger partial charge is 0.397 e. The highest BCUT2D eigenvalue weighted by Gasteiger charge is 2.16. The highest BCUT2D eigenvalue weighted by Crippen LogP contribution is 2.27. The molecule has 2 rings (SSSR count). The van der Waals surface area contributed by atoms with Crippen LogP contribution >= 0.6 is 0 Å². The Kier molecular flexibility index (Phi) is 1.33. The van der Waals surface area contributed by atoms with Gasteiger partial charge in [0.15, 0.2) is 9.99 Å². The van der Waals surface area contributed by atoms with Crippen LogP contribution in [-0.4, -0.2) is 14.1 Å². The summed E-state index contributed by atoms with van der Waals surface area (Å²) in [4.78, 5) is 0. The van der Waals surface area contributed by atoms with Crippen LogP contribution in [0.15, 0.2) is 18.2 Å². The Hall–Kier alpha value is -1.20. The third-order valence-corrected chi connectivity index (χ3v) is 2.73. The average Bonchev–Trinajstić information content (AvgIpc) is 2.25. The number of nitrogens with two attached hydrogens (primary N) is 1. The Morgan fingerprint density at radius 2 is 2.25 bits per heavy atom. The third-order valence-electron chi connectivity index (χ3n) is 1.66. The third kappa shape index (κ3) is 1.03. The summed E-state index contributed by atoms with van der Waals surface area (Å²) in [6.07, 6.45) is 0. The number of rotatable bonds is 0. The lowest BCUT2D eigenvalue weighted by molar-refractivity contribution is 0.566. The molecular weight excluding hydrogens is 176 g/mol. The van der Waals surface area contributed by atoms with Gasteiger partial charge in [-0.15, -0.1) is 0 Å². The van der Waals surface area contributed by atoms with Gasteiger partial charge in [-0.2, -0.15) is 0 Å². The van der Waals surface area contributed by atoms with E-state index in [1.807, 2.05) is 0 Å². The average molecular weight is 184 g/mol. The second kappa shape index (κ2) is 2.15. The summed E-state index contributed by atoms with van der Waals surface area (Å²) in [5, 5.41) is 1.28. The van der Waals surface area contributed by atoms with Crippen LogP contribution in [0.3, 0.4) is 0 Å². The van der Waals surface area contributed by atoms with E-state index in [9.17, 15) is 4.21 Å². The molecule has 5 heteroatoms. The molecule has 0 bridgehead atoms. The molecule has 1 aliphatic heterocycles. The molecule has 12 heavy (non-hydrogen) atoms. The quantitative estimate of drug-likeness (QED) is 0.406. The van der Waals surface area contributed by atoms with Crippen molar-refractivity contribution in [2.45, 2.75) is 0 Å². The summed E-state index contributed by atoms with van der Waals surface area (Å²) < 4.78 is 22.7. The number of anilines is 2. The summed E-state index contributed by atoms with van der Waals surface area (Å²) in [5.74, 6) is 0. The molecule has 4 N–H and O–H groups in total. The first-order valence-electron chi connectivity index (χ1n) is 3.36. The van der Waals surface area contributed by atoms with Crippen LogP contribution in [0.2, 0.25) is 0 Å². The molecule has 1 aromatic rings. The molecule has 0 saturated heterocycles. The van der Waals surface area contributed by atoms with Gasteiger partial charge in [-0.25, -0.2) is 4.21 Å². The molecule has 1 aromatic carbocycles. The highest BCUT2D eigenvalue weighted by molar-refractivity contribution is 7.98. The number of nitrogen functional groups attached to an aromatic ring is 1. The van der Waals surface area contributed by atoms with Crippen molar-refractivity contribution < 1.29 is 8.76 Å². The maximum Gasteiger partial charge on any atom is 0.168 e. The maximum absolute atomic E-state index is 11.1. The van der Waals surface area contributed by atoms with Crippen LogP contribution in [0.4, 0.5) is 11.4 Å². The molecule has 4 nitrogen and oxygen atoms in total. The number of hydrogen-bond acceptors (Lipinski definition) is 2. The van der Waals surface area contributed by atoms with Crippen LogP contribution in [-0.2, 0) is 9.99 Å². The van der Waals surface area contributed by atoms with Gasteiger partial charge in [0.1, 0.15) is 0 Å². The first kappa shape index (κ1) is 7.45. The van der Waals surface area contributed by atoms with Gasteiger partial charge in [-0.1, -0.05) is 12.1 Å². The molecule has 64 valence electrons. The van der Waals surface area contributed by atoms with E-state index >= 15 is 0 Å². The Balaban J connectivity index is 2.68. The molecular formula is C7H8N2O2S. The Labute approximate surface area is 70.4 Å². The summed E-state index contributed by atoms with van der Waals surface area (Å²) in [6, 6.07) is 5.16. The minimum Gasteiger partial charge on any atom is -0.397 e. The van der Waals surface area contributed by atoms with E-state index in [2.05, 4.69) is 4.72 Å². The molecule has 0 aliphatic carbocycles. The Bertz CT molecular complexity index is 447. The fraction of sp³-hybridized carbons (Fsp3) is 0. The number of para-hydroxylation sites is 1. The van der Waals surface area contributed by atoms with Gasteiger partial charge in [0.05, 0.1) is 11.4 Å². The standard InChI is InChI=1S/C7H8N2O2S/c8-6-3-1-2-5-4-12(10,11)9-7(5)6/h1-4H,8H2,(H2,9,10,11). The van der Waals surface area contributed by atoms with Crippen LogP contribution in [0.1, 0.15) is 5.56 Å². The Morgan fingerprint density at radius 1 is 1.50 bits per heavy atom. The van der Waals surface area contributed by atoms with E-state index in [-0.39, 0.29) is 0 Å². The number of hydrogen-bond donors (Lipinski definition) is 3. The van der Waals surface area contributed by atoms with Crippen molar-refractivity contribution in [2.24, 2.45) is 0 Å². The zero-order chi connectivity index (χ0) is 8.77. The van der Waals surface area contributed by atoms with Crippen LogP contribution < -0.4 is 10.5 Å². The smallest absolute Gasteiger partial charge is 0.168 e. The van der Waals surface area contributed by atoms with Gasteiger partial charge in [0.2, 0.25) is 0 Å². The SMILES string of the molecule is Nc1cccc2c1NS(=O)(O)=C2. The fourth-order valence-corrected chi connectivity index (χ4v) is 2.28. The van der Waals surface area contributed by atoms with Crippen LogP contribution in [0.25, 0.3) is 0 Å². The molecule has 1 aliphatic rings. The zero-order valence-corrected chi connectivity index (χ0v) is 6.97. The van der Waals surface area contributed by atoms with Crippen molar-refractivity contribution in [1.29, 1.82) is 0 Å². The predicted octanol–water partition coefficient (Wildman–Crippen LogP) is 0.517. The summed E-state index contributed by atoms with van der Waals surface area (Å²) >= 11 is 0. The van der Waals surface area contributed by atoms with Crippen molar-refractivity contribution in [3.05, 3.63) is 23.8 Å². The lowest BCUT2D eigenvalue weighted by atomic mass is 10.2.